The Morgan fingerprint density at radius 2 is 1.74 bits per heavy atom. The van der Waals surface area contributed by atoms with E-state index in [0.717, 1.165) is 19.3 Å². The van der Waals surface area contributed by atoms with E-state index in [1.807, 2.05) is 0 Å². The molecule has 4 aliphatic rings. The number of hydrogen-bond acceptors (Lipinski definition) is 3. The summed E-state index contributed by atoms with van der Waals surface area (Å²) < 4.78 is 0. The molecule has 1 aromatic rings. The summed E-state index contributed by atoms with van der Waals surface area (Å²) in [5.41, 5.74) is 2.84. The molecule has 4 fully saturated rings. The summed E-state index contributed by atoms with van der Waals surface area (Å²) in [6, 6.07) is 5.02. The van der Waals surface area contributed by atoms with E-state index in [2.05, 4.69) is 15.8 Å². The van der Waals surface area contributed by atoms with Crippen molar-refractivity contribution in [3.05, 3.63) is 33.8 Å². The van der Waals surface area contributed by atoms with Gasteiger partial charge in [0.2, 0.25) is 5.91 Å². The lowest BCUT2D eigenvalue weighted by Gasteiger charge is -2.55. The zero-order valence-corrected chi connectivity index (χ0v) is 16.5. The van der Waals surface area contributed by atoms with Gasteiger partial charge in [0.15, 0.2) is 0 Å². The number of rotatable bonds is 5. The van der Waals surface area contributed by atoms with Gasteiger partial charge in [-0.15, -0.1) is 0 Å². The molecule has 0 saturated heterocycles. The molecule has 0 heterocycles. The van der Waals surface area contributed by atoms with Gasteiger partial charge < -0.3 is 5.32 Å². The highest BCUT2D eigenvalue weighted by atomic mass is 35.5. The van der Waals surface area contributed by atoms with E-state index in [0.29, 0.717) is 33.4 Å². The van der Waals surface area contributed by atoms with E-state index in [-0.39, 0.29) is 23.8 Å². The molecule has 27 heavy (non-hydrogen) atoms. The van der Waals surface area contributed by atoms with Crippen molar-refractivity contribution in [1.82, 2.24) is 10.7 Å². The monoisotopic (exact) mass is 407 g/mol. The second-order valence-electron chi connectivity index (χ2n) is 8.34. The lowest BCUT2D eigenvalue weighted by molar-refractivity contribution is -0.147. The number of hydrazone groups is 1. The fourth-order valence-electron chi connectivity index (χ4n) is 5.56. The van der Waals surface area contributed by atoms with Crippen LogP contribution in [0.1, 0.15) is 44.1 Å². The predicted octanol–water partition coefficient (Wildman–Crippen LogP) is 3.78. The third kappa shape index (κ3) is 3.99. The maximum Gasteiger partial charge on any atom is 0.259 e. The molecule has 4 saturated carbocycles. The van der Waals surface area contributed by atoms with Crippen LogP contribution in [0.3, 0.4) is 0 Å². The van der Waals surface area contributed by atoms with E-state index in [9.17, 15) is 9.59 Å². The van der Waals surface area contributed by atoms with E-state index >= 15 is 0 Å². The minimum absolute atomic E-state index is 0.0430. The van der Waals surface area contributed by atoms with Crippen LogP contribution in [0.2, 0.25) is 10.0 Å². The fraction of sp³-hybridized carbons (Fsp3) is 0.550. The second-order valence-corrected chi connectivity index (χ2v) is 9.18. The molecule has 4 aliphatic carbocycles. The molecular weight excluding hydrogens is 385 g/mol. The van der Waals surface area contributed by atoms with Crippen molar-refractivity contribution in [1.29, 1.82) is 0 Å². The SMILES string of the molecule is O=C(CNC(=O)C12CC3CC(CC(C3)C1)C2)NN=Cc1ccc(Cl)cc1Cl. The summed E-state index contributed by atoms with van der Waals surface area (Å²) in [6.07, 6.45) is 8.27. The lowest BCUT2D eigenvalue weighted by Crippen LogP contribution is -2.54. The largest absolute Gasteiger partial charge is 0.346 e. The average Bonchev–Trinajstić information content (AvgIpc) is 2.60. The summed E-state index contributed by atoms with van der Waals surface area (Å²) in [5.74, 6) is 1.79. The first-order valence-corrected chi connectivity index (χ1v) is 10.2. The number of halogens is 2. The summed E-state index contributed by atoms with van der Waals surface area (Å²) in [5, 5.41) is 7.73. The molecular formula is C20H23Cl2N3O2. The number of carbonyl (C=O) groups is 2. The molecule has 2 N–H and O–H groups in total. The number of nitrogens with one attached hydrogen (secondary N) is 2. The van der Waals surface area contributed by atoms with Gasteiger partial charge in [-0.25, -0.2) is 5.43 Å². The standard InChI is InChI=1S/C20H23Cl2N3O2/c21-16-2-1-15(17(22)6-16)10-24-25-18(26)11-23-19(27)20-7-12-3-13(8-20)5-14(4-12)9-20/h1-2,6,10,12-14H,3-5,7-9,11H2,(H,23,27)(H,25,26). The maximum absolute atomic E-state index is 12.8. The summed E-state index contributed by atoms with van der Waals surface area (Å²) >= 11 is 11.9. The molecule has 1 aromatic carbocycles. The quantitative estimate of drug-likeness (QED) is 0.575. The Hall–Kier alpha value is -1.59. The summed E-state index contributed by atoms with van der Waals surface area (Å²) in [6.45, 7) is -0.0632. The smallest absolute Gasteiger partial charge is 0.259 e. The maximum atomic E-state index is 12.8. The Morgan fingerprint density at radius 3 is 2.33 bits per heavy atom. The lowest BCUT2D eigenvalue weighted by atomic mass is 9.49. The van der Waals surface area contributed by atoms with Gasteiger partial charge in [-0.2, -0.15) is 5.10 Å². The van der Waals surface area contributed by atoms with Crippen LogP contribution >= 0.6 is 23.2 Å². The molecule has 5 nitrogen and oxygen atoms in total. The van der Waals surface area contributed by atoms with Gasteiger partial charge in [0.05, 0.1) is 17.8 Å². The summed E-state index contributed by atoms with van der Waals surface area (Å²) in [7, 11) is 0. The van der Waals surface area contributed by atoms with Crippen LogP contribution < -0.4 is 10.7 Å². The fourth-order valence-corrected chi connectivity index (χ4v) is 6.01. The van der Waals surface area contributed by atoms with Crippen molar-refractivity contribution >= 4 is 41.2 Å². The number of benzene rings is 1. The average molecular weight is 408 g/mol. The van der Waals surface area contributed by atoms with Gasteiger partial charge in [0.25, 0.3) is 5.91 Å². The van der Waals surface area contributed by atoms with E-state index in [1.165, 1.54) is 25.5 Å². The van der Waals surface area contributed by atoms with Crippen molar-refractivity contribution in [2.75, 3.05) is 6.54 Å². The molecule has 0 spiro atoms. The number of amides is 2. The highest BCUT2D eigenvalue weighted by Crippen LogP contribution is 2.60. The Kier molecular flexibility index (Phi) is 5.17. The van der Waals surface area contributed by atoms with Gasteiger partial charge in [-0.05, 0) is 68.4 Å². The van der Waals surface area contributed by atoms with E-state index < -0.39 is 0 Å². The molecule has 7 heteroatoms. The molecule has 0 aliphatic heterocycles. The Bertz CT molecular complexity index is 758. The van der Waals surface area contributed by atoms with Gasteiger partial charge in [-0.3, -0.25) is 9.59 Å². The van der Waals surface area contributed by atoms with Gasteiger partial charge >= 0.3 is 0 Å². The molecule has 144 valence electrons. The molecule has 4 bridgehead atoms. The Morgan fingerprint density at radius 1 is 1.11 bits per heavy atom. The van der Waals surface area contributed by atoms with Crippen molar-refractivity contribution in [2.45, 2.75) is 38.5 Å². The van der Waals surface area contributed by atoms with Crippen LogP contribution in [0.15, 0.2) is 23.3 Å². The minimum atomic E-state index is -0.352. The normalized spacial score (nSPS) is 31.3. The zero-order valence-electron chi connectivity index (χ0n) is 15.0. The number of carbonyl (C=O) groups excluding carboxylic acids is 2. The van der Waals surface area contributed by atoms with Crippen LogP contribution in [-0.2, 0) is 9.59 Å². The third-order valence-electron chi connectivity index (χ3n) is 6.28. The van der Waals surface area contributed by atoms with Crippen molar-refractivity contribution in [3.8, 4) is 0 Å². The molecule has 2 amide bonds. The van der Waals surface area contributed by atoms with Crippen molar-refractivity contribution < 1.29 is 9.59 Å². The predicted molar refractivity (Wildman–Crippen MR) is 106 cm³/mol. The molecule has 0 aromatic heterocycles. The third-order valence-corrected chi connectivity index (χ3v) is 6.85. The van der Waals surface area contributed by atoms with E-state index in [4.69, 9.17) is 23.2 Å². The van der Waals surface area contributed by atoms with Crippen LogP contribution in [0, 0.1) is 23.2 Å². The van der Waals surface area contributed by atoms with Gasteiger partial charge in [0.1, 0.15) is 0 Å². The summed E-state index contributed by atoms with van der Waals surface area (Å²) in [4.78, 5) is 24.8. The molecule has 0 atom stereocenters. The molecule has 0 radical (unpaired) electrons. The van der Waals surface area contributed by atoms with Gasteiger partial charge in [0, 0.05) is 16.0 Å². The number of hydrogen-bond donors (Lipinski definition) is 2. The molecule has 0 unspecified atom stereocenters. The van der Waals surface area contributed by atoms with Crippen LogP contribution in [0.5, 0.6) is 0 Å². The first kappa shape index (κ1) is 18.8. The van der Waals surface area contributed by atoms with Crippen molar-refractivity contribution in [3.63, 3.8) is 0 Å². The highest BCUT2D eigenvalue weighted by Gasteiger charge is 2.54. The molecule has 5 rings (SSSR count). The van der Waals surface area contributed by atoms with Crippen LogP contribution in [0.4, 0.5) is 0 Å². The first-order chi connectivity index (χ1) is 12.9. The Labute approximate surface area is 168 Å². The van der Waals surface area contributed by atoms with E-state index in [1.54, 1.807) is 18.2 Å². The van der Waals surface area contributed by atoms with Gasteiger partial charge in [-0.1, -0.05) is 29.3 Å². The first-order valence-electron chi connectivity index (χ1n) is 9.49. The zero-order chi connectivity index (χ0) is 19.0. The van der Waals surface area contributed by atoms with Crippen LogP contribution in [-0.4, -0.2) is 24.6 Å². The minimum Gasteiger partial charge on any atom is -0.346 e. The Balaban J connectivity index is 1.28. The van der Waals surface area contributed by atoms with Crippen molar-refractivity contribution in [2.24, 2.45) is 28.3 Å². The van der Waals surface area contributed by atoms with Crippen LogP contribution in [0.25, 0.3) is 0 Å². The number of nitrogens with zero attached hydrogens (tertiary/aromatic N) is 1. The highest BCUT2D eigenvalue weighted by molar-refractivity contribution is 6.36. The topological polar surface area (TPSA) is 70.6 Å². The second kappa shape index (κ2) is 7.44.